The summed E-state index contributed by atoms with van der Waals surface area (Å²) in [5.74, 6) is -4.05. The number of carbonyl (C=O) groups is 2. The number of cyclic esters (lactones) is 1. The molecule has 2 rings (SSSR count). The Morgan fingerprint density at radius 2 is 2.10 bits per heavy atom. The Bertz CT molecular complexity index is 524. The van der Waals surface area contributed by atoms with E-state index < -0.39 is 30.6 Å². The highest BCUT2D eigenvalue weighted by Gasteiger charge is 2.47. The lowest BCUT2D eigenvalue weighted by atomic mass is 9.95. The third-order valence-corrected chi connectivity index (χ3v) is 2.76. The molecule has 1 aliphatic rings. The monoisotopic (exact) mass is 307 g/mol. The van der Waals surface area contributed by atoms with Crippen LogP contribution < -0.4 is 5.32 Å². The highest BCUT2D eigenvalue weighted by atomic mass is 35.5. The van der Waals surface area contributed by atoms with Gasteiger partial charge in [0.05, 0.1) is 12.7 Å². The first-order chi connectivity index (χ1) is 8.95. The van der Waals surface area contributed by atoms with Gasteiger partial charge < -0.3 is 14.8 Å². The maximum atomic E-state index is 13.8. The molecule has 1 aromatic carbocycles. The zero-order chi connectivity index (χ0) is 14.0. The van der Waals surface area contributed by atoms with E-state index in [1.54, 1.807) is 0 Å². The molecule has 0 bridgehead atoms. The molecule has 20 heavy (non-hydrogen) atoms. The van der Waals surface area contributed by atoms with Crippen LogP contribution in [0.15, 0.2) is 24.3 Å². The lowest BCUT2D eigenvalue weighted by molar-refractivity contribution is -0.104. The number of esters is 1. The molecule has 1 amide bonds. The molecule has 1 saturated heterocycles. The van der Waals surface area contributed by atoms with E-state index >= 15 is 0 Å². The fourth-order valence-corrected chi connectivity index (χ4v) is 1.86. The molecule has 1 aromatic rings. The third kappa shape index (κ3) is 2.98. The van der Waals surface area contributed by atoms with Crippen LogP contribution >= 0.6 is 12.4 Å². The predicted molar refractivity (Wildman–Crippen MR) is 67.2 cm³/mol. The van der Waals surface area contributed by atoms with Crippen molar-refractivity contribution < 1.29 is 27.8 Å². The van der Waals surface area contributed by atoms with Crippen molar-refractivity contribution in [2.75, 3.05) is 13.7 Å². The summed E-state index contributed by atoms with van der Waals surface area (Å²) in [5, 5.41) is 2.02. The van der Waals surface area contributed by atoms with Crippen molar-refractivity contribution in [3.8, 4) is 0 Å². The molecule has 0 unspecified atom stereocenters. The summed E-state index contributed by atoms with van der Waals surface area (Å²) in [6, 6.07) is 4.10. The molecule has 1 fully saturated rings. The summed E-state index contributed by atoms with van der Waals surface area (Å²) in [6.45, 7) is -1.03. The Hall–Kier alpha value is -1.89. The highest BCUT2D eigenvalue weighted by Crippen LogP contribution is 2.36. The summed E-state index contributed by atoms with van der Waals surface area (Å²) >= 11 is 0. The number of alkyl halides is 2. The largest absolute Gasteiger partial charge is 0.465 e. The van der Waals surface area contributed by atoms with E-state index in [-0.39, 0.29) is 23.5 Å². The van der Waals surface area contributed by atoms with E-state index in [1.807, 2.05) is 5.32 Å². The molecular formula is C12H12ClF2NO4. The van der Waals surface area contributed by atoms with E-state index in [0.717, 1.165) is 7.11 Å². The minimum absolute atomic E-state index is 0. The van der Waals surface area contributed by atoms with E-state index in [0.29, 0.717) is 0 Å². The lowest BCUT2D eigenvalue weighted by Gasteiger charge is -2.32. The van der Waals surface area contributed by atoms with Crippen molar-refractivity contribution in [3.05, 3.63) is 35.4 Å². The zero-order valence-electron chi connectivity index (χ0n) is 10.4. The first-order valence-electron chi connectivity index (χ1n) is 5.44. The number of ether oxygens (including phenoxy) is 2. The molecule has 0 radical (unpaired) electrons. The van der Waals surface area contributed by atoms with Crippen LogP contribution in [0.1, 0.15) is 22.0 Å². The van der Waals surface area contributed by atoms with Crippen LogP contribution in [0.3, 0.4) is 0 Å². The number of hydrogen-bond acceptors (Lipinski definition) is 4. The van der Waals surface area contributed by atoms with Gasteiger partial charge in [-0.05, 0) is 11.6 Å². The van der Waals surface area contributed by atoms with Gasteiger partial charge in [0.1, 0.15) is 6.04 Å². The molecule has 0 saturated carbocycles. The second kappa shape index (κ2) is 6.04. The summed E-state index contributed by atoms with van der Waals surface area (Å²) in [5.41, 5.74) is -0.0205. The molecule has 0 aromatic heterocycles. The topological polar surface area (TPSA) is 64.6 Å². The second-order valence-electron chi connectivity index (χ2n) is 3.99. The number of alkyl carbamates (subject to hydrolysis) is 1. The zero-order valence-corrected chi connectivity index (χ0v) is 11.2. The van der Waals surface area contributed by atoms with Gasteiger partial charge in [-0.3, -0.25) is 0 Å². The Morgan fingerprint density at radius 3 is 2.75 bits per heavy atom. The number of benzene rings is 1. The average Bonchev–Trinajstić information content (AvgIpc) is 2.41. The summed E-state index contributed by atoms with van der Waals surface area (Å²) in [4.78, 5) is 22.7. The first kappa shape index (κ1) is 16.2. The number of nitrogens with one attached hydrogen (secondary N) is 1. The van der Waals surface area contributed by atoms with Gasteiger partial charge in [-0.25, -0.2) is 18.4 Å². The highest BCUT2D eigenvalue weighted by molar-refractivity contribution is 5.91. The Labute approximate surface area is 119 Å². The van der Waals surface area contributed by atoms with Crippen molar-refractivity contribution in [1.82, 2.24) is 5.32 Å². The van der Waals surface area contributed by atoms with Crippen LogP contribution in [0.2, 0.25) is 0 Å². The Balaban J connectivity index is 0.00000200. The van der Waals surface area contributed by atoms with Crippen LogP contribution in [0.25, 0.3) is 0 Å². The van der Waals surface area contributed by atoms with E-state index in [1.165, 1.54) is 24.3 Å². The predicted octanol–water partition coefficient (Wildman–Crippen LogP) is 2.31. The summed E-state index contributed by atoms with van der Waals surface area (Å²) in [6.07, 6.45) is -0.949. The fraction of sp³-hybridized carbons (Fsp3) is 0.333. The van der Waals surface area contributed by atoms with E-state index in [9.17, 15) is 18.4 Å². The molecule has 1 aliphatic heterocycles. The molecule has 5 nitrogen and oxygen atoms in total. The Morgan fingerprint density at radius 1 is 1.45 bits per heavy atom. The Kier molecular flexibility index (Phi) is 4.88. The molecule has 0 aliphatic carbocycles. The number of hydrogen-bond donors (Lipinski definition) is 1. The summed E-state index contributed by atoms with van der Waals surface area (Å²) in [7, 11) is 1.15. The van der Waals surface area contributed by atoms with Crippen molar-refractivity contribution in [2.45, 2.75) is 12.0 Å². The minimum atomic E-state index is -3.31. The van der Waals surface area contributed by atoms with Crippen LogP contribution in [0.4, 0.5) is 13.6 Å². The van der Waals surface area contributed by atoms with Crippen LogP contribution in [0.5, 0.6) is 0 Å². The van der Waals surface area contributed by atoms with Gasteiger partial charge >= 0.3 is 18.0 Å². The molecule has 110 valence electrons. The molecular weight excluding hydrogens is 296 g/mol. The van der Waals surface area contributed by atoms with Crippen molar-refractivity contribution in [1.29, 1.82) is 0 Å². The number of halogens is 3. The van der Waals surface area contributed by atoms with Crippen molar-refractivity contribution in [2.24, 2.45) is 0 Å². The average molecular weight is 308 g/mol. The fourth-order valence-electron chi connectivity index (χ4n) is 1.86. The SMILES string of the molecule is COC(=O)c1ccccc1[C@@H]1NC(=O)OCC1(F)F.Cl. The smallest absolute Gasteiger partial charge is 0.408 e. The van der Waals surface area contributed by atoms with Crippen LogP contribution in [0, 0.1) is 0 Å². The van der Waals surface area contributed by atoms with Gasteiger partial charge in [-0.15, -0.1) is 12.4 Å². The van der Waals surface area contributed by atoms with Gasteiger partial charge in [-0.2, -0.15) is 0 Å². The molecule has 1 N–H and O–H groups in total. The molecule has 1 heterocycles. The summed E-state index contributed by atoms with van der Waals surface area (Å²) < 4.78 is 36.4. The van der Waals surface area contributed by atoms with Gasteiger partial charge in [0.25, 0.3) is 0 Å². The van der Waals surface area contributed by atoms with Gasteiger partial charge in [0, 0.05) is 0 Å². The number of methoxy groups -OCH3 is 1. The molecule has 8 heteroatoms. The minimum Gasteiger partial charge on any atom is -0.465 e. The number of amides is 1. The molecule has 1 atom stereocenters. The second-order valence-corrected chi connectivity index (χ2v) is 3.99. The van der Waals surface area contributed by atoms with E-state index in [2.05, 4.69) is 9.47 Å². The van der Waals surface area contributed by atoms with Crippen molar-refractivity contribution >= 4 is 24.5 Å². The van der Waals surface area contributed by atoms with Crippen LogP contribution in [-0.4, -0.2) is 31.7 Å². The lowest BCUT2D eigenvalue weighted by Crippen LogP contribution is -2.50. The number of rotatable bonds is 2. The standard InChI is InChI=1S/C12H11F2NO4.ClH/c1-18-10(16)8-5-3-2-4-7(8)9-12(13,14)6-19-11(17)15-9;/h2-5,9H,6H2,1H3,(H,15,17);1H/t9-;/m0./s1. The van der Waals surface area contributed by atoms with Gasteiger partial charge in [-0.1, -0.05) is 18.2 Å². The first-order valence-corrected chi connectivity index (χ1v) is 5.44. The maximum Gasteiger partial charge on any atom is 0.408 e. The van der Waals surface area contributed by atoms with Gasteiger partial charge in [0.15, 0.2) is 6.61 Å². The number of carbonyl (C=O) groups excluding carboxylic acids is 2. The van der Waals surface area contributed by atoms with Gasteiger partial charge in [0.2, 0.25) is 0 Å². The normalized spacial score (nSPS) is 20.1. The third-order valence-electron chi connectivity index (χ3n) is 2.76. The maximum absolute atomic E-state index is 13.8. The molecule has 0 spiro atoms. The van der Waals surface area contributed by atoms with Crippen molar-refractivity contribution in [3.63, 3.8) is 0 Å². The quantitative estimate of drug-likeness (QED) is 0.852. The van der Waals surface area contributed by atoms with E-state index in [4.69, 9.17) is 0 Å². The van der Waals surface area contributed by atoms with Crippen LogP contribution in [-0.2, 0) is 9.47 Å².